The van der Waals surface area contributed by atoms with Crippen LogP contribution in [0.25, 0.3) is 10.9 Å². The van der Waals surface area contributed by atoms with Crippen LogP contribution in [0.4, 0.5) is 0 Å². The summed E-state index contributed by atoms with van der Waals surface area (Å²) >= 11 is 0. The number of likely N-dealkylation sites (tertiary alicyclic amines) is 1. The van der Waals surface area contributed by atoms with Crippen LogP contribution in [0.15, 0.2) is 55.0 Å². The molecule has 1 saturated heterocycles. The summed E-state index contributed by atoms with van der Waals surface area (Å²) in [6.45, 7) is 2.26. The highest BCUT2D eigenvalue weighted by molar-refractivity contribution is 5.85. The zero-order valence-corrected chi connectivity index (χ0v) is 12.9. The summed E-state index contributed by atoms with van der Waals surface area (Å²) < 4.78 is 0. The second-order valence-electron chi connectivity index (χ2n) is 6.16. The Kier molecular flexibility index (Phi) is 3.67. The van der Waals surface area contributed by atoms with Gasteiger partial charge in [-0.2, -0.15) is 0 Å². The van der Waals surface area contributed by atoms with Crippen molar-refractivity contribution in [1.29, 1.82) is 0 Å². The number of rotatable bonds is 3. The van der Waals surface area contributed by atoms with E-state index in [-0.39, 0.29) is 6.04 Å². The largest absolute Gasteiger partial charge is 0.505 e. The number of hydrogen-bond donors (Lipinski definition) is 2. The third kappa shape index (κ3) is 2.55. The Bertz CT molecular complexity index is 813. The Morgan fingerprint density at radius 1 is 0.957 bits per heavy atom. The van der Waals surface area contributed by atoms with Gasteiger partial charge in [0.05, 0.1) is 18.7 Å². The molecule has 116 valence electrons. The van der Waals surface area contributed by atoms with Gasteiger partial charge in [-0.15, -0.1) is 0 Å². The molecule has 0 saturated carbocycles. The van der Waals surface area contributed by atoms with E-state index in [1.165, 1.54) is 23.3 Å². The van der Waals surface area contributed by atoms with E-state index in [4.69, 9.17) is 0 Å². The number of benzene rings is 1. The first-order valence-corrected chi connectivity index (χ1v) is 8.15. The second kappa shape index (κ2) is 5.97. The summed E-state index contributed by atoms with van der Waals surface area (Å²) in [6, 6.07) is 12.2. The van der Waals surface area contributed by atoms with Crippen LogP contribution in [0, 0.1) is 0 Å². The molecular weight excluding hydrogens is 286 g/mol. The molecule has 0 spiro atoms. The maximum Gasteiger partial charge on any atom is 0.151 e. The number of quaternary nitrogens is 1. The van der Waals surface area contributed by atoms with Gasteiger partial charge in [0.1, 0.15) is 11.6 Å². The van der Waals surface area contributed by atoms with Gasteiger partial charge in [0.15, 0.2) is 5.75 Å². The molecule has 3 aromatic rings. The minimum absolute atomic E-state index is 0.131. The molecule has 1 atom stereocenters. The van der Waals surface area contributed by atoms with Crippen molar-refractivity contribution in [2.24, 2.45) is 0 Å². The lowest BCUT2D eigenvalue weighted by Gasteiger charge is -2.26. The SMILES string of the molecule is Oc1c([C@H](c2ccncc2)[NH+]2CCCC2)ccc2cccnc12. The number of aromatic nitrogens is 2. The molecule has 0 radical (unpaired) electrons. The standard InChI is InChI=1S/C19H19N3O/c23-19-16(6-5-14-4-3-9-21-17(14)19)18(22-12-1-2-13-22)15-7-10-20-11-8-15/h3-11,18,23H,1-2,12-13H2/p+1/t18-/m0/s1. The van der Waals surface area contributed by atoms with Gasteiger partial charge in [-0.3, -0.25) is 9.97 Å². The molecule has 1 fully saturated rings. The summed E-state index contributed by atoms with van der Waals surface area (Å²) in [5.74, 6) is 0.310. The van der Waals surface area contributed by atoms with Crippen molar-refractivity contribution in [2.75, 3.05) is 13.1 Å². The van der Waals surface area contributed by atoms with E-state index in [1.807, 2.05) is 24.5 Å². The Balaban J connectivity index is 1.88. The molecule has 1 aromatic carbocycles. The highest BCUT2D eigenvalue weighted by Gasteiger charge is 2.31. The van der Waals surface area contributed by atoms with Gasteiger partial charge in [0.25, 0.3) is 0 Å². The molecule has 1 aliphatic heterocycles. The van der Waals surface area contributed by atoms with Gasteiger partial charge >= 0.3 is 0 Å². The van der Waals surface area contributed by atoms with Crippen molar-refractivity contribution in [3.8, 4) is 5.75 Å². The van der Waals surface area contributed by atoms with Gasteiger partial charge in [-0.1, -0.05) is 12.1 Å². The van der Waals surface area contributed by atoms with Crippen LogP contribution in [0.1, 0.15) is 30.0 Å². The third-order valence-corrected chi connectivity index (χ3v) is 4.78. The molecule has 1 aliphatic rings. The van der Waals surface area contributed by atoms with Crippen molar-refractivity contribution in [1.82, 2.24) is 9.97 Å². The van der Waals surface area contributed by atoms with E-state index >= 15 is 0 Å². The normalized spacial score (nSPS) is 16.7. The third-order valence-electron chi connectivity index (χ3n) is 4.78. The van der Waals surface area contributed by atoms with E-state index in [1.54, 1.807) is 6.20 Å². The summed E-state index contributed by atoms with van der Waals surface area (Å²) in [7, 11) is 0. The Morgan fingerprint density at radius 3 is 2.52 bits per heavy atom. The van der Waals surface area contributed by atoms with E-state index in [0.29, 0.717) is 11.3 Å². The highest BCUT2D eigenvalue weighted by Crippen LogP contribution is 2.33. The lowest BCUT2D eigenvalue weighted by atomic mass is 9.96. The van der Waals surface area contributed by atoms with E-state index in [2.05, 4.69) is 34.2 Å². The van der Waals surface area contributed by atoms with Crippen molar-refractivity contribution < 1.29 is 10.0 Å². The second-order valence-corrected chi connectivity index (χ2v) is 6.16. The zero-order valence-electron chi connectivity index (χ0n) is 12.9. The molecule has 23 heavy (non-hydrogen) atoms. The molecule has 4 nitrogen and oxygen atoms in total. The smallest absolute Gasteiger partial charge is 0.151 e. The van der Waals surface area contributed by atoms with Crippen LogP contribution in [-0.2, 0) is 0 Å². The summed E-state index contributed by atoms with van der Waals surface area (Å²) in [5, 5.41) is 11.8. The maximum atomic E-state index is 10.9. The topological polar surface area (TPSA) is 50.5 Å². The van der Waals surface area contributed by atoms with Crippen molar-refractivity contribution >= 4 is 10.9 Å². The highest BCUT2D eigenvalue weighted by atomic mass is 16.3. The number of pyridine rings is 2. The zero-order chi connectivity index (χ0) is 15.6. The first-order valence-electron chi connectivity index (χ1n) is 8.15. The number of fused-ring (bicyclic) bond motifs is 1. The van der Waals surface area contributed by atoms with Gasteiger partial charge < -0.3 is 10.0 Å². The Hall–Kier alpha value is -2.46. The Labute approximate surface area is 135 Å². The number of aromatic hydroxyl groups is 1. The van der Waals surface area contributed by atoms with Crippen LogP contribution in [0.5, 0.6) is 5.75 Å². The molecule has 2 N–H and O–H groups in total. The van der Waals surface area contributed by atoms with Crippen LogP contribution in [-0.4, -0.2) is 28.2 Å². The average molecular weight is 306 g/mol. The van der Waals surface area contributed by atoms with Gasteiger partial charge in [-0.05, 0) is 24.3 Å². The van der Waals surface area contributed by atoms with Gasteiger partial charge in [0, 0.05) is 42.4 Å². The fraction of sp³-hybridized carbons (Fsp3) is 0.263. The molecule has 0 unspecified atom stereocenters. The van der Waals surface area contributed by atoms with Crippen molar-refractivity contribution in [2.45, 2.75) is 18.9 Å². The molecule has 4 rings (SSSR count). The number of phenols is 1. The first-order chi connectivity index (χ1) is 11.3. The predicted molar refractivity (Wildman–Crippen MR) is 89.4 cm³/mol. The van der Waals surface area contributed by atoms with Crippen LogP contribution >= 0.6 is 0 Å². The monoisotopic (exact) mass is 306 g/mol. The molecule has 4 heteroatoms. The van der Waals surface area contributed by atoms with E-state index in [0.717, 1.165) is 24.0 Å². The van der Waals surface area contributed by atoms with Crippen LogP contribution in [0.2, 0.25) is 0 Å². The lowest BCUT2D eigenvalue weighted by molar-refractivity contribution is -0.913. The number of nitrogens with zero attached hydrogens (tertiary/aromatic N) is 2. The summed E-state index contributed by atoms with van der Waals surface area (Å²) in [6.07, 6.45) is 7.87. The van der Waals surface area contributed by atoms with Gasteiger partial charge in [0.2, 0.25) is 0 Å². The molecule has 0 amide bonds. The number of phenolic OH excluding ortho intramolecular Hbond substituents is 1. The summed E-state index contributed by atoms with van der Waals surface area (Å²) in [5.41, 5.74) is 2.84. The lowest BCUT2D eigenvalue weighted by Crippen LogP contribution is -3.10. The molecule has 2 aromatic heterocycles. The van der Waals surface area contributed by atoms with E-state index in [9.17, 15) is 5.11 Å². The molecule has 0 bridgehead atoms. The fourth-order valence-electron chi connectivity index (χ4n) is 3.69. The summed E-state index contributed by atoms with van der Waals surface area (Å²) in [4.78, 5) is 10.0. The van der Waals surface area contributed by atoms with E-state index < -0.39 is 0 Å². The molecular formula is C19H20N3O+. The quantitative estimate of drug-likeness (QED) is 0.779. The predicted octanol–water partition coefficient (Wildman–Crippen LogP) is 2.10. The molecule has 0 aliphatic carbocycles. The number of hydrogen-bond acceptors (Lipinski definition) is 3. The Morgan fingerprint density at radius 2 is 1.74 bits per heavy atom. The fourth-order valence-corrected chi connectivity index (χ4v) is 3.69. The van der Waals surface area contributed by atoms with Gasteiger partial charge in [-0.25, -0.2) is 0 Å². The maximum absolute atomic E-state index is 10.9. The average Bonchev–Trinajstić information content (AvgIpc) is 3.13. The minimum Gasteiger partial charge on any atom is -0.505 e. The van der Waals surface area contributed by atoms with Crippen molar-refractivity contribution in [3.05, 3.63) is 66.1 Å². The molecule has 3 heterocycles. The van der Waals surface area contributed by atoms with Crippen LogP contribution in [0.3, 0.4) is 0 Å². The van der Waals surface area contributed by atoms with Crippen LogP contribution < -0.4 is 4.90 Å². The van der Waals surface area contributed by atoms with Crippen molar-refractivity contribution in [3.63, 3.8) is 0 Å². The number of nitrogens with one attached hydrogen (secondary N) is 1. The minimum atomic E-state index is 0.131. The first kappa shape index (κ1) is 14.2.